The molecule has 0 bridgehead atoms. The zero-order chi connectivity index (χ0) is 60.7. The number of benzene rings is 7. The molecule has 426 valence electrons. The number of nitrogens with zero attached hydrogens (tertiary/aromatic N) is 10. The van der Waals surface area contributed by atoms with Crippen molar-refractivity contribution in [2.24, 2.45) is 20.5 Å². The third-order valence-electron chi connectivity index (χ3n) is 11.8. The van der Waals surface area contributed by atoms with E-state index < -0.39 is 93.3 Å². The fourth-order valence-corrected chi connectivity index (χ4v) is 9.60. The van der Waals surface area contributed by atoms with Crippen molar-refractivity contribution in [1.82, 2.24) is 29.9 Å². The predicted molar refractivity (Wildman–Crippen MR) is 299 cm³/mol. The van der Waals surface area contributed by atoms with Crippen molar-refractivity contribution in [3.05, 3.63) is 141 Å². The summed E-state index contributed by atoms with van der Waals surface area (Å²) < 4.78 is 70.2. The van der Waals surface area contributed by atoms with Crippen molar-refractivity contribution >= 4 is 158 Å². The molecule has 7 aromatic carbocycles. The molecule has 0 aliphatic carbocycles. The molecule has 0 aliphatic heterocycles. The second kappa shape index (κ2) is 22.7. The van der Waals surface area contributed by atoms with Crippen LogP contribution < -0.4 is 21.3 Å². The van der Waals surface area contributed by atoms with Crippen molar-refractivity contribution in [2.45, 2.75) is 23.6 Å². The molecule has 0 amide bonds. The minimum atomic E-state index is -5.13. The molecule has 0 aliphatic rings. The first-order chi connectivity index (χ1) is 39.6. The number of carboxylic acid groups (broad SMARTS) is 4. The molecular weight excluding hydrogens is 1190 g/mol. The number of anilines is 8. The molecule has 9 aromatic rings. The van der Waals surface area contributed by atoms with Gasteiger partial charge in [-0.3, -0.25) is 9.11 Å². The summed E-state index contributed by atoms with van der Waals surface area (Å²) >= 11 is 12.7. The van der Waals surface area contributed by atoms with Gasteiger partial charge in [0.05, 0.1) is 49.9 Å². The quantitative estimate of drug-likeness (QED) is 0.0280. The van der Waals surface area contributed by atoms with E-state index in [4.69, 9.17) is 23.2 Å². The summed E-state index contributed by atoms with van der Waals surface area (Å²) in [6.07, 6.45) is 0. The predicted octanol–water partition coefficient (Wildman–Crippen LogP) is 10.8. The summed E-state index contributed by atoms with van der Waals surface area (Å²) in [6, 6.07) is 18.9. The number of carboxylic acids is 4. The van der Waals surface area contributed by atoms with Gasteiger partial charge in [0.25, 0.3) is 20.2 Å². The highest BCUT2D eigenvalue weighted by molar-refractivity contribution is 7.86. The zero-order valence-electron chi connectivity index (χ0n) is 42.1. The van der Waals surface area contributed by atoms with Crippen LogP contribution in [0.2, 0.25) is 10.6 Å². The standard InChI is InChI=1S/C50H34Cl2N14O16S2/c1-19-9-33(55-49-59-46(52)60-50(62-49)56-34-18-29(83(77,78)79)16-22-6-7-31(39(67)37(22)34)65-63-27-12-23(41(69)70)10-24(13-27)42(71)72)20(2)8-32(19)54-48-58-45(51)57-47(61-48)53-30-5-3-4-21-17-35(84(80,81)82)38(40(68)36(21)30)66-64-28-14-25(43(73)74)11-26(15-28)44(75)76/h3-18,67-68H,1-2H3,(H,69,70)(H,71,72)(H,73,74)(H,75,76)(H,77,78,79)(H,80,81,82)(H2,53,54,57,58,61)(H2,55,56,59,60,62). The van der Waals surface area contributed by atoms with Crippen LogP contribution in [0.25, 0.3) is 21.5 Å². The minimum absolute atomic E-state index is 0.0336. The fourth-order valence-electron chi connectivity index (χ4n) is 8.08. The molecule has 30 nitrogen and oxygen atoms in total. The summed E-state index contributed by atoms with van der Waals surface area (Å²) in [7, 11) is -10.00. The molecule has 84 heavy (non-hydrogen) atoms. The Bertz CT molecular complexity index is 4570. The molecule has 0 saturated carbocycles. The summed E-state index contributed by atoms with van der Waals surface area (Å²) in [5.74, 6) is -8.14. The van der Waals surface area contributed by atoms with Crippen molar-refractivity contribution < 1.29 is 75.8 Å². The van der Waals surface area contributed by atoms with E-state index in [-0.39, 0.29) is 84.3 Å². The molecule has 0 spiro atoms. The largest absolute Gasteiger partial charge is 0.505 e. The Labute approximate surface area is 479 Å². The molecule has 2 aromatic heterocycles. The van der Waals surface area contributed by atoms with Crippen LogP contribution in [0.5, 0.6) is 11.5 Å². The van der Waals surface area contributed by atoms with E-state index in [1.165, 1.54) is 30.3 Å². The second-order valence-corrected chi connectivity index (χ2v) is 21.1. The van der Waals surface area contributed by atoms with Gasteiger partial charge in [0.1, 0.15) is 16.3 Å². The Morgan fingerprint density at radius 3 is 1.35 bits per heavy atom. The lowest BCUT2D eigenvalue weighted by Crippen LogP contribution is -2.07. The van der Waals surface area contributed by atoms with E-state index in [9.17, 15) is 75.8 Å². The van der Waals surface area contributed by atoms with Gasteiger partial charge < -0.3 is 51.9 Å². The third kappa shape index (κ3) is 12.8. The number of rotatable bonds is 18. The lowest BCUT2D eigenvalue weighted by Gasteiger charge is -2.16. The molecule has 0 radical (unpaired) electrons. The van der Waals surface area contributed by atoms with Crippen molar-refractivity contribution in [3.63, 3.8) is 0 Å². The maximum atomic E-state index is 12.6. The van der Waals surface area contributed by atoms with Gasteiger partial charge in [0, 0.05) is 22.1 Å². The summed E-state index contributed by atoms with van der Waals surface area (Å²) in [5.41, 5.74) is -1.60. The van der Waals surface area contributed by atoms with E-state index in [0.29, 0.717) is 22.5 Å². The van der Waals surface area contributed by atoms with Crippen LogP contribution in [0, 0.1) is 13.8 Å². The number of halogens is 2. The number of aromatic nitrogens is 6. The number of nitrogens with one attached hydrogen (secondary N) is 4. The van der Waals surface area contributed by atoms with Gasteiger partial charge in [0.15, 0.2) is 11.5 Å². The number of phenols is 2. The molecule has 34 heteroatoms. The van der Waals surface area contributed by atoms with Crippen LogP contribution in [0.15, 0.2) is 127 Å². The fraction of sp³-hybridized carbons (Fsp3) is 0.0400. The van der Waals surface area contributed by atoms with E-state index in [1.807, 2.05) is 0 Å². The Morgan fingerprint density at radius 1 is 0.464 bits per heavy atom. The average Bonchev–Trinajstić information content (AvgIpc) is 1.11. The van der Waals surface area contributed by atoms with Gasteiger partial charge in [-0.2, -0.15) is 57.0 Å². The van der Waals surface area contributed by atoms with Crippen LogP contribution in [0.4, 0.5) is 69.3 Å². The molecule has 0 fully saturated rings. The SMILES string of the molecule is Cc1cc(Nc2nc(Cl)nc(Nc3cccc4cc(S(=O)(=O)O)c(N=Nc5cc(C(=O)O)cc(C(=O)O)c5)c(O)c34)n2)c(C)cc1Nc1nc(Cl)nc(Nc2cc(S(=O)(=O)O)cc3ccc(N=Nc4cc(C(=O)O)cc(C(=O)O)c4)c(O)c23)n1. The smallest absolute Gasteiger partial charge is 0.335 e. The van der Waals surface area contributed by atoms with Crippen LogP contribution in [0.1, 0.15) is 52.6 Å². The van der Waals surface area contributed by atoms with Crippen LogP contribution in [0.3, 0.4) is 0 Å². The monoisotopic (exact) mass is 1220 g/mol. The lowest BCUT2D eigenvalue weighted by molar-refractivity contribution is 0.0676. The minimum Gasteiger partial charge on any atom is -0.505 e. The van der Waals surface area contributed by atoms with E-state index in [1.54, 1.807) is 26.0 Å². The highest BCUT2D eigenvalue weighted by atomic mass is 35.5. The average molecular weight is 1220 g/mol. The number of fused-ring (bicyclic) bond motifs is 2. The number of azo groups is 2. The van der Waals surface area contributed by atoms with Gasteiger partial charge in [-0.1, -0.05) is 18.2 Å². The van der Waals surface area contributed by atoms with Gasteiger partial charge in [-0.05, 0) is 138 Å². The highest BCUT2D eigenvalue weighted by Gasteiger charge is 2.25. The Balaban J connectivity index is 0.981. The van der Waals surface area contributed by atoms with Gasteiger partial charge in [-0.25, -0.2) is 19.2 Å². The lowest BCUT2D eigenvalue weighted by atomic mass is 10.1. The number of aryl methyl sites for hydroxylation is 2. The Kier molecular flexibility index (Phi) is 15.7. The Morgan fingerprint density at radius 2 is 0.893 bits per heavy atom. The maximum absolute atomic E-state index is 12.6. The maximum Gasteiger partial charge on any atom is 0.335 e. The van der Waals surface area contributed by atoms with Crippen molar-refractivity contribution in [1.29, 1.82) is 0 Å². The normalized spacial score (nSPS) is 11.8. The van der Waals surface area contributed by atoms with E-state index in [2.05, 4.69) is 71.6 Å². The first-order valence-corrected chi connectivity index (χ1v) is 26.8. The summed E-state index contributed by atoms with van der Waals surface area (Å²) in [6.45, 7) is 3.41. The summed E-state index contributed by atoms with van der Waals surface area (Å²) in [5, 5.41) is 87.5. The highest BCUT2D eigenvalue weighted by Crippen LogP contribution is 2.46. The van der Waals surface area contributed by atoms with Gasteiger partial charge in [0.2, 0.25) is 34.4 Å². The van der Waals surface area contributed by atoms with Crippen molar-refractivity contribution in [2.75, 3.05) is 21.3 Å². The number of carbonyl (C=O) groups is 4. The van der Waals surface area contributed by atoms with E-state index in [0.717, 1.165) is 54.6 Å². The number of hydrogen-bond acceptors (Lipinski definition) is 24. The number of aromatic hydroxyl groups is 2. The third-order valence-corrected chi connectivity index (χ3v) is 13.9. The van der Waals surface area contributed by atoms with Crippen LogP contribution >= 0.6 is 23.2 Å². The summed E-state index contributed by atoms with van der Waals surface area (Å²) in [4.78, 5) is 70.4. The van der Waals surface area contributed by atoms with Crippen molar-refractivity contribution in [3.8, 4) is 11.5 Å². The molecular formula is C50H34Cl2N14O16S2. The van der Waals surface area contributed by atoms with Gasteiger partial charge in [-0.15, -0.1) is 10.2 Å². The number of phenolic OH excluding ortho intramolecular Hbond substituents is 2. The van der Waals surface area contributed by atoms with Crippen LogP contribution in [-0.4, -0.2) is 110 Å². The molecule has 12 N–H and O–H groups in total. The molecule has 0 unspecified atom stereocenters. The van der Waals surface area contributed by atoms with E-state index >= 15 is 0 Å². The van der Waals surface area contributed by atoms with Gasteiger partial charge >= 0.3 is 23.9 Å². The second-order valence-electron chi connectivity index (χ2n) is 17.6. The topological polar surface area (TPSA) is 473 Å². The molecule has 0 atom stereocenters. The number of hydrogen-bond donors (Lipinski definition) is 12. The van der Waals surface area contributed by atoms with Crippen LogP contribution in [-0.2, 0) is 20.2 Å². The first kappa shape index (κ1) is 58.0. The number of aromatic carboxylic acids is 4. The molecule has 0 saturated heterocycles. The molecule has 9 rings (SSSR count). The zero-order valence-corrected chi connectivity index (χ0v) is 45.3. The Hall–Kier alpha value is -10.6. The first-order valence-electron chi connectivity index (χ1n) is 23.2. The molecule has 2 heterocycles.